The number of nitrogens with one attached hydrogen (secondary N) is 2. The van der Waals surface area contributed by atoms with Crippen molar-refractivity contribution in [3.63, 3.8) is 0 Å². The summed E-state index contributed by atoms with van der Waals surface area (Å²) in [6.07, 6.45) is 2.89. The summed E-state index contributed by atoms with van der Waals surface area (Å²) in [5.74, 6) is -0.233. The van der Waals surface area contributed by atoms with Crippen LogP contribution in [0.4, 0.5) is 20.6 Å². The second kappa shape index (κ2) is 6.15. The van der Waals surface area contributed by atoms with E-state index in [0.29, 0.717) is 25.1 Å². The number of fused-ring (bicyclic) bond motifs is 2. The Labute approximate surface area is 140 Å². The Balaban J connectivity index is 1.48. The number of halogens is 1. The van der Waals surface area contributed by atoms with Gasteiger partial charge < -0.3 is 15.5 Å². The number of rotatable bonds is 1. The van der Waals surface area contributed by atoms with Crippen LogP contribution in [0.1, 0.15) is 23.1 Å². The van der Waals surface area contributed by atoms with Crippen molar-refractivity contribution in [3.8, 4) is 0 Å². The molecule has 0 aliphatic carbocycles. The molecule has 5 heteroatoms. The number of carbonyl (C=O) groups is 1. The summed E-state index contributed by atoms with van der Waals surface area (Å²) in [5.41, 5.74) is 4.78. The first kappa shape index (κ1) is 15.0. The van der Waals surface area contributed by atoms with Gasteiger partial charge in [-0.1, -0.05) is 18.2 Å². The second-order valence-corrected chi connectivity index (χ2v) is 6.38. The van der Waals surface area contributed by atoms with Gasteiger partial charge in [-0.05, 0) is 48.6 Å². The SMILES string of the molecule is O=C(Nc1ccc2c(c1)NCCC2)N1CCc2cccc(F)c2C1. The summed E-state index contributed by atoms with van der Waals surface area (Å²) in [5, 5.41) is 6.30. The molecule has 4 rings (SSSR count). The lowest BCUT2D eigenvalue weighted by Crippen LogP contribution is -2.39. The van der Waals surface area contributed by atoms with Gasteiger partial charge in [0.15, 0.2) is 0 Å². The molecule has 2 N–H and O–H groups in total. The van der Waals surface area contributed by atoms with Crippen molar-refractivity contribution >= 4 is 17.4 Å². The predicted octanol–water partition coefficient (Wildman–Crippen LogP) is 3.77. The highest BCUT2D eigenvalue weighted by atomic mass is 19.1. The van der Waals surface area contributed by atoms with E-state index in [1.807, 2.05) is 18.2 Å². The molecule has 2 aliphatic rings. The third kappa shape index (κ3) is 2.82. The largest absolute Gasteiger partial charge is 0.385 e. The Hall–Kier alpha value is -2.56. The van der Waals surface area contributed by atoms with Crippen LogP contribution in [0, 0.1) is 5.82 Å². The number of amides is 2. The average molecular weight is 325 g/mol. The molecule has 2 aliphatic heterocycles. The van der Waals surface area contributed by atoms with E-state index in [9.17, 15) is 9.18 Å². The number of carbonyl (C=O) groups excluding carboxylic acids is 1. The highest BCUT2D eigenvalue weighted by Crippen LogP contribution is 2.26. The van der Waals surface area contributed by atoms with Gasteiger partial charge in [0.25, 0.3) is 0 Å². The summed E-state index contributed by atoms with van der Waals surface area (Å²) in [7, 11) is 0. The highest BCUT2D eigenvalue weighted by molar-refractivity contribution is 5.90. The first-order chi connectivity index (χ1) is 11.7. The number of nitrogens with zero attached hydrogens (tertiary/aromatic N) is 1. The van der Waals surface area contributed by atoms with Crippen LogP contribution in [0.2, 0.25) is 0 Å². The van der Waals surface area contributed by atoms with Gasteiger partial charge >= 0.3 is 6.03 Å². The zero-order chi connectivity index (χ0) is 16.5. The molecule has 0 fully saturated rings. The topological polar surface area (TPSA) is 44.4 Å². The van der Waals surface area contributed by atoms with E-state index >= 15 is 0 Å². The Morgan fingerprint density at radius 2 is 2.08 bits per heavy atom. The number of aryl methyl sites for hydroxylation is 1. The highest BCUT2D eigenvalue weighted by Gasteiger charge is 2.23. The number of hydrogen-bond acceptors (Lipinski definition) is 2. The van der Waals surface area contributed by atoms with E-state index < -0.39 is 0 Å². The molecule has 24 heavy (non-hydrogen) atoms. The molecule has 0 radical (unpaired) electrons. The van der Waals surface area contributed by atoms with Crippen LogP contribution in [0.25, 0.3) is 0 Å². The molecule has 2 amide bonds. The Morgan fingerprint density at radius 1 is 1.17 bits per heavy atom. The molecule has 0 aromatic heterocycles. The van der Waals surface area contributed by atoms with Crippen molar-refractivity contribution in [1.82, 2.24) is 4.90 Å². The van der Waals surface area contributed by atoms with Crippen molar-refractivity contribution in [2.24, 2.45) is 0 Å². The molecule has 0 spiro atoms. The van der Waals surface area contributed by atoms with Gasteiger partial charge in [0.1, 0.15) is 5.82 Å². The molecule has 4 nitrogen and oxygen atoms in total. The number of anilines is 2. The number of benzene rings is 2. The van der Waals surface area contributed by atoms with E-state index in [1.165, 1.54) is 11.6 Å². The van der Waals surface area contributed by atoms with Crippen LogP contribution in [0.3, 0.4) is 0 Å². The van der Waals surface area contributed by atoms with Crippen LogP contribution in [-0.2, 0) is 19.4 Å². The molecule has 124 valence electrons. The van der Waals surface area contributed by atoms with Gasteiger partial charge in [-0.25, -0.2) is 9.18 Å². The van der Waals surface area contributed by atoms with Crippen molar-refractivity contribution < 1.29 is 9.18 Å². The molecule has 0 bridgehead atoms. The zero-order valence-electron chi connectivity index (χ0n) is 13.4. The van der Waals surface area contributed by atoms with E-state index in [1.54, 1.807) is 11.0 Å². The average Bonchev–Trinajstić information content (AvgIpc) is 2.62. The Kier molecular flexibility index (Phi) is 3.84. The van der Waals surface area contributed by atoms with Crippen LogP contribution >= 0.6 is 0 Å². The summed E-state index contributed by atoms with van der Waals surface area (Å²) in [6, 6.07) is 10.9. The van der Waals surface area contributed by atoms with Gasteiger partial charge in [-0.3, -0.25) is 0 Å². The van der Waals surface area contributed by atoms with Crippen molar-refractivity contribution in [3.05, 3.63) is 58.9 Å². The minimum Gasteiger partial charge on any atom is -0.385 e. The maximum atomic E-state index is 14.0. The molecule has 0 unspecified atom stereocenters. The summed E-state index contributed by atoms with van der Waals surface area (Å²) < 4.78 is 14.0. The lowest BCUT2D eigenvalue weighted by molar-refractivity contribution is 0.205. The van der Waals surface area contributed by atoms with E-state index in [2.05, 4.69) is 16.7 Å². The first-order valence-corrected chi connectivity index (χ1v) is 8.40. The normalized spacial score (nSPS) is 16.0. The predicted molar refractivity (Wildman–Crippen MR) is 92.8 cm³/mol. The van der Waals surface area contributed by atoms with Crippen LogP contribution < -0.4 is 10.6 Å². The molecular weight excluding hydrogens is 305 g/mol. The molecule has 2 aromatic carbocycles. The zero-order valence-corrected chi connectivity index (χ0v) is 13.4. The van der Waals surface area contributed by atoms with E-state index in [4.69, 9.17) is 0 Å². The smallest absolute Gasteiger partial charge is 0.322 e. The first-order valence-electron chi connectivity index (χ1n) is 8.40. The fraction of sp³-hybridized carbons (Fsp3) is 0.316. The van der Waals surface area contributed by atoms with Crippen LogP contribution in [0.5, 0.6) is 0 Å². The van der Waals surface area contributed by atoms with Gasteiger partial charge in [0.2, 0.25) is 0 Å². The summed E-state index contributed by atoms with van der Waals surface area (Å²) in [6.45, 7) is 1.88. The van der Waals surface area contributed by atoms with Gasteiger partial charge in [0, 0.05) is 30.0 Å². The van der Waals surface area contributed by atoms with Crippen molar-refractivity contribution in [2.45, 2.75) is 25.8 Å². The quantitative estimate of drug-likeness (QED) is 0.838. The number of hydrogen-bond donors (Lipinski definition) is 2. The van der Waals surface area contributed by atoms with Crippen LogP contribution in [-0.4, -0.2) is 24.0 Å². The lowest BCUT2D eigenvalue weighted by atomic mass is 9.99. The maximum absolute atomic E-state index is 14.0. The fourth-order valence-electron chi connectivity index (χ4n) is 3.45. The Bertz CT molecular complexity index is 790. The van der Waals surface area contributed by atoms with Crippen molar-refractivity contribution in [1.29, 1.82) is 0 Å². The molecule has 2 aromatic rings. The standard InChI is InChI=1S/C19H20FN3O/c20-17-5-1-3-13-8-10-23(12-16(13)17)19(24)22-15-7-6-14-4-2-9-21-18(14)11-15/h1,3,5-7,11,21H,2,4,8-10,12H2,(H,22,24). The van der Waals surface area contributed by atoms with Gasteiger partial charge in [0.05, 0.1) is 6.54 Å². The van der Waals surface area contributed by atoms with E-state index in [0.717, 1.165) is 36.3 Å². The second-order valence-electron chi connectivity index (χ2n) is 6.38. The summed E-state index contributed by atoms with van der Waals surface area (Å²) in [4.78, 5) is 14.2. The lowest BCUT2D eigenvalue weighted by Gasteiger charge is -2.29. The molecule has 0 saturated carbocycles. The minimum absolute atomic E-state index is 0.181. The molecule has 2 heterocycles. The molecule has 0 atom stereocenters. The molecule has 0 saturated heterocycles. The third-order valence-electron chi connectivity index (χ3n) is 4.80. The van der Waals surface area contributed by atoms with Gasteiger partial charge in [-0.2, -0.15) is 0 Å². The van der Waals surface area contributed by atoms with Crippen molar-refractivity contribution in [2.75, 3.05) is 23.7 Å². The third-order valence-corrected chi connectivity index (χ3v) is 4.80. The van der Waals surface area contributed by atoms with Crippen LogP contribution in [0.15, 0.2) is 36.4 Å². The number of urea groups is 1. The van der Waals surface area contributed by atoms with E-state index in [-0.39, 0.29) is 11.8 Å². The molecular formula is C19H20FN3O. The summed E-state index contributed by atoms with van der Waals surface area (Å²) >= 11 is 0. The maximum Gasteiger partial charge on any atom is 0.322 e. The Morgan fingerprint density at radius 3 is 3.00 bits per heavy atom. The fourth-order valence-corrected chi connectivity index (χ4v) is 3.45. The minimum atomic E-state index is -0.233. The monoisotopic (exact) mass is 325 g/mol. The van der Waals surface area contributed by atoms with Gasteiger partial charge in [-0.15, -0.1) is 0 Å².